The molecule has 0 bridgehead atoms. The summed E-state index contributed by atoms with van der Waals surface area (Å²) in [7, 11) is 0. The van der Waals surface area contributed by atoms with E-state index in [0.29, 0.717) is 27.9 Å². The molecule has 1 heterocycles. The third-order valence-corrected chi connectivity index (χ3v) is 4.75. The van der Waals surface area contributed by atoms with E-state index in [1.165, 1.54) is 0 Å². The number of rotatable bonds is 5. The quantitative estimate of drug-likeness (QED) is 0.456. The minimum Gasteiger partial charge on any atom is -0.484 e. The number of anilines is 1. The number of benzene rings is 3. The molecular formula is C23H19ClN2O3. The molecule has 29 heavy (non-hydrogen) atoms. The summed E-state index contributed by atoms with van der Waals surface area (Å²) in [6, 6.07) is 18.6. The molecule has 0 fully saturated rings. The molecule has 1 aromatic heterocycles. The largest absolute Gasteiger partial charge is 0.484 e. The second-order valence-electron chi connectivity index (χ2n) is 6.83. The van der Waals surface area contributed by atoms with E-state index in [0.717, 1.165) is 22.2 Å². The third-order valence-electron chi connectivity index (χ3n) is 4.42. The Hall–Kier alpha value is -3.31. The Morgan fingerprint density at radius 3 is 2.59 bits per heavy atom. The van der Waals surface area contributed by atoms with E-state index in [2.05, 4.69) is 10.3 Å². The first-order valence-electron chi connectivity index (χ1n) is 9.14. The zero-order valence-corrected chi connectivity index (χ0v) is 16.8. The molecule has 0 aliphatic carbocycles. The summed E-state index contributed by atoms with van der Waals surface area (Å²) in [5.74, 6) is 0.791. The van der Waals surface area contributed by atoms with Crippen LogP contribution in [-0.2, 0) is 4.79 Å². The number of nitrogens with zero attached hydrogens (tertiary/aromatic N) is 1. The minimum absolute atomic E-state index is 0.119. The lowest BCUT2D eigenvalue weighted by molar-refractivity contribution is -0.118. The van der Waals surface area contributed by atoms with Gasteiger partial charge in [-0.1, -0.05) is 35.4 Å². The van der Waals surface area contributed by atoms with Crippen molar-refractivity contribution in [1.29, 1.82) is 0 Å². The van der Waals surface area contributed by atoms with Crippen molar-refractivity contribution in [3.63, 3.8) is 0 Å². The van der Waals surface area contributed by atoms with E-state index in [9.17, 15) is 4.79 Å². The van der Waals surface area contributed by atoms with Crippen LogP contribution in [0.15, 0.2) is 65.1 Å². The van der Waals surface area contributed by atoms with Crippen LogP contribution in [0.4, 0.5) is 5.69 Å². The Balaban J connectivity index is 1.50. The maximum absolute atomic E-state index is 12.3. The van der Waals surface area contributed by atoms with Gasteiger partial charge in [0.05, 0.1) is 10.7 Å². The average Bonchev–Trinajstić information content (AvgIpc) is 3.12. The molecule has 4 aromatic rings. The molecule has 1 N–H and O–H groups in total. The number of amides is 1. The molecular weight excluding hydrogens is 388 g/mol. The first-order chi connectivity index (χ1) is 14.0. The van der Waals surface area contributed by atoms with Crippen molar-refractivity contribution in [2.45, 2.75) is 13.8 Å². The van der Waals surface area contributed by atoms with Gasteiger partial charge in [0.25, 0.3) is 5.91 Å². The SMILES string of the molecule is Cc1ccc(OCC(=O)Nc2cc(-c3nc4cc(C)ccc4o3)ccc2Cl)cc1. The van der Waals surface area contributed by atoms with Gasteiger partial charge in [-0.2, -0.15) is 0 Å². The van der Waals surface area contributed by atoms with Crippen LogP contribution < -0.4 is 10.1 Å². The van der Waals surface area contributed by atoms with Crippen molar-refractivity contribution in [3.05, 3.63) is 76.8 Å². The lowest BCUT2D eigenvalue weighted by atomic mass is 10.2. The smallest absolute Gasteiger partial charge is 0.262 e. The van der Waals surface area contributed by atoms with Crippen molar-refractivity contribution in [2.75, 3.05) is 11.9 Å². The Labute approximate surface area is 173 Å². The molecule has 0 atom stereocenters. The number of hydrogen-bond donors (Lipinski definition) is 1. The summed E-state index contributed by atoms with van der Waals surface area (Å²) in [4.78, 5) is 16.8. The summed E-state index contributed by atoms with van der Waals surface area (Å²) in [5.41, 5.74) is 4.91. The molecule has 3 aromatic carbocycles. The van der Waals surface area contributed by atoms with Gasteiger partial charge in [-0.25, -0.2) is 4.98 Å². The fourth-order valence-corrected chi connectivity index (χ4v) is 3.05. The minimum atomic E-state index is -0.308. The number of oxazole rings is 1. The highest BCUT2D eigenvalue weighted by atomic mass is 35.5. The molecule has 1 amide bonds. The highest BCUT2D eigenvalue weighted by Crippen LogP contribution is 2.30. The van der Waals surface area contributed by atoms with Crippen molar-refractivity contribution in [1.82, 2.24) is 4.98 Å². The van der Waals surface area contributed by atoms with Crippen molar-refractivity contribution < 1.29 is 13.9 Å². The van der Waals surface area contributed by atoms with Crippen LogP contribution in [0.5, 0.6) is 5.75 Å². The predicted octanol–water partition coefficient (Wildman–Crippen LogP) is 5.78. The number of halogens is 1. The number of carbonyl (C=O) groups excluding carboxylic acids is 1. The van der Waals surface area contributed by atoms with E-state index in [4.69, 9.17) is 20.8 Å². The van der Waals surface area contributed by atoms with Crippen LogP contribution in [0.2, 0.25) is 5.02 Å². The number of aromatic nitrogens is 1. The molecule has 0 saturated carbocycles. The van der Waals surface area contributed by atoms with Gasteiger partial charge in [-0.15, -0.1) is 0 Å². The first kappa shape index (κ1) is 19.0. The summed E-state index contributed by atoms with van der Waals surface area (Å²) in [6.07, 6.45) is 0. The number of carbonyl (C=O) groups is 1. The summed E-state index contributed by atoms with van der Waals surface area (Å²) in [6.45, 7) is 3.87. The average molecular weight is 407 g/mol. The first-order valence-corrected chi connectivity index (χ1v) is 9.52. The summed E-state index contributed by atoms with van der Waals surface area (Å²) in [5, 5.41) is 3.20. The monoisotopic (exact) mass is 406 g/mol. The number of ether oxygens (including phenoxy) is 1. The molecule has 0 unspecified atom stereocenters. The van der Waals surface area contributed by atoms with Crippen LogP contribution in [-0.4, -0.2) is 17.5 Å². The van der Waals surface area contributed by atoms with E-state index in [1.54, 1.807) is 18.2 Å². The number of fused-ring (bicyclic) bond motifs is 1. The number of hydrogen-bond acceptors (Lipinski definition) is 4. The van der Waals surface area contributed by atoms with Crippen LogP contribution in [0.25, 0.3) is 22.6 Å². The second kappa shape index (κ2) is 7.97. The van der Waals surface area contributed by atoms with Crippen LogP contribution >= 0.6 is 11.6 Å². The van der Waals surface area contributed by atoms with Crippen LogP contribution in [0, 0.1) is 13.8 Å². The lowest BCUT2D eigenvalue weighted by Gasteiger charge is -2.10. The molecule has 0 spiro atoms. The second-order valence-corrected chi connectivity index (χ2v) is 7.24. The van der Waals surface area contributed by atoms with E-state index < -0.39 is 0 Å². The Morgan fingerprint density at radius 2 is 1.79 bits per heavy atom. The molecule has 0 aliphatic rings. The maximum atomic E-state index is 12.3. The van der Waals surface area contributed by atoms with Gasteiger partial charge < -0.3 is 14.5 Å². The molecule has 6 heteroatoms. The van der Waals surface area contributed by atoms with Crippen molar-refractivity contribution in [3.8, 4) is 17.2 Å². The number of nitrogens with one attached hydrogen (secondary N) is 1. The van der Waals surface area contributed by atoms with Crippen LogP contribution in [0.3, 0.4) is 0 Å². The zero-order valence-electron chi connectivity index (χ0n) is 16.0. The molecule has 0 radical (unpaired) electrons. The Kier molecular flexibility index (Phi) is 5.23. The molecule has 0 aliphatic heterocycles. The zero-order chi connectivity index (χ0) is 20.4. The van der Waals surface area contributed by atoms with E-state index in [1.807, 2.05) is 56.3 Å². The highest BCUT2D eigenvalue weighted by molar-refractivity contribution is 6.33. The predicted molar refractivity (Wildman–Crippen MR) is 114 cm³/mol. The van der Waals surface area contributed by atoms with Gasteiger partial charge in [-0.05, 0) is 61.9 Å². The molecule has 4 rings (SSSR count). The lowest BCUT2D eigenvalue weighted by Crippen LogP contribution is -2.20. The van der Waals surface area contributed by atoms with Gasteiger partial charge in [0.1, 0.15) is 11.3 Å². The fourth-order valence-electron chi connectivity index (χ4n) is 2.88. The molecule has 5 nitrogen and oxygen atoms in total. The topological polar surface area (TPSA) is 64.4 Å². The van der Waals surface area contributed by atoms with Crippen molar-refractivity contribution >= 4 is 34.3 Å². The van der Waals surface area contributed by atoms with Crippen molar-refractivity contribution in [2.24, 2.45) is 0 Å². The maximum Gasteiger partial charge on any atom is 0.262 e. The molecule has 0 saturated heterocycles. The normalized spacial score (nSPS) is 10.9. The summed E-state index contributed by atoms with van der Waals surface area (Å²) >= 11 is 6.26. The van der Waals surface area contributed by atoms with Crippen LogP contribution in [0.1, 0.15) is 11.1 Å². The molecule has 146 valence electrons. The van der Waals surface area contributed by atoms with Gasteiger partial charge in [0, 0.05) is 5.56 Å². The highest BCUT2D eigenvalue weighted by Gasteiger charge is 2.13. The Morgan fingerprint density at radius 1 is 1.03 bits per heavy atom. The standard InChI is InChI=1S/C23H19ClN2O3/c1-14-3-7-17(8-4-14)28-13-22(27)25-19-12-16(6-9-18(19)24)23-26-20-11-15(2)5-10-21(20)29-23/h3-12H,13H2,1-2H3,(H,25,27). The van der Waals surface area contributed by atoms with E-state index in [-0.39, 0.29) is 12.5 Å². The van der Waals surface area contributed by atoms with Gasteiger partial charge >= 0.3 is 0 Å². The number of aryl methyl sites for hydroxylation is 2. The fraction of sp³-hybridized carbons (Fsp3) is 0.130. The van der Waals surface area contributed by atoms with Gasteiger partial charge in [0.2, 0.25) is 5.89 Å². The Bertz CT molecular complexity index is 1180. The van der Waals surface area contributed by atoms with Gasteiger partial charge in [0.15, 0.2) is 12.2 Å². The third kappa shape index (κ3) is 4.41. The summed E-state index contributed by atoms with van der Waals surface area (Å²) < 4.78 is 11.3. The van der Waals surface area contributed by atoms with E-state index >= 15 is 0 Å². The van der Waals surface area contributed by atoms with Gasteiger partial charge in [-0.3, -0.25) is 4.79 Å².